The standard InChI is InChI=1S/C9H19O2P/c1-4-6-7-8(3)9(5-2)11-12-10/h8-9H,4-7H2,1-3H3. The topological polar surface area (TPSA) is 26.3 Å². The molecule has 0 aromatic rings. The van der Waals surface area contributed by atoms with E-state index in [1.54, 1.807) is 0 Å². The van der Waals surface area contributed by atoms with Crippen molar-refractivity contribution in [2.24, 2.45) is 5.92 Å². The van der Waals surface area contributed by atoms with E-state index < -0.39 is 0 Å². The largest absolute Gasteiger partial charge is 0.327 e. The minimum Gasteiger partial charge on any atom is -0.291 e. The first-order valence-corrected chi connectivity index (χ1v) is 5.47. The van der Waals surface area contributed by atoms with E-state index in [1.165, 1.54) is 19.3 Å². The molecule has 72 valence electrons. The Kier molecular flexibility index (Phi) is 7.73. The molecule has 0 saturated heterocycles. The Morgan fingerprint density at radius 1 is 1.42 bits per heavy atom. The summed E-state index contributed by atoms with van der Waals surface area (Å²) >= 11 is 0. The van der Waals surface area contributed by atoms with Crippen LogP contribution in [0.2, 0.25) is 0 Å². The molecule has 0 aliphatic carbocycles. The molecule has 0 aliphatic rings. The number of unbranched alkanes of at least 4 members (excludes halogenated alkanes) is 1. The molecule has 0 amide bonds. The van der Waals surface area contributed by atoms with Crippen LogP contribution >= 0.6 is 8.69 Å². The highest BCUT2D eigenvalue weighted by molar-refractivity contribution is 7.17. The van der Waals surface area contributed by atoms with Gasteiger partial charge in [0.2, 0.25) is 0 Å². The molecule has 0 N–H and O–H groups in total. The molecule has 0 aliphatic heterocycles. The van der Waals surface area contributed by atoms with Crippen LogP contribution in [-0.2, 0) is 9.09 Å². The Morgan fingerprint density at radius 3 is 2.50 bits per heavy atom. The first kappa shape index (κ1) is 12.1. The highest BCUT2D eigenvalue weighted by Crippen LogP contribution is 2.20. The minimum atomic E-state index is -0.181. The van der Waals surface area contributed by atoms with Crippen molar-refractivity contribution >= 4 is 8.69 Å². The van der Waals surface area contributed by atoms with Gasteiger partial charge in [0.15, 0.2) is 0 Å². The van der Waals surface area contributed by atoms with Crippen LogP contribution in [0.25, 0.3) is 0 Å². The zero-order chi connectivity index (χ0) is 9.40. The molecule has 0 aromatic carbocycles. The lowest BCUT2D eigenvalue weighted by atomic mass is 9.97. The first-order valence-electron chi connectivity index (χ1n) is 4.74. The summed E-state index contributed by atoms with van der Waals surface area (Å²) in [4.78, 5) is 0. The number of rotatable bonds is 7. The highest BCUT2D eigenvalue weighted by atomic mass is 31.1. The summed E-state index contributed by atoms with van der Waals surface area (Å²) in [5, 5.41) is 0. The van der Waals surface area contributed by atoms with Gasteiger partial charge in [0.25, 0.3) is 0 Å². The van der Waals surface area contributed by atoms with Gasteiger partial charge in [0, 0.05) is 0 Å². The number of hydrogen-bond acceptors (Lipinski definition) is 2. The molecule has 0 aromatic heterocycles. The molecule has 12 heavy (non-hydrogen) atoms. The van der Waals surface area contributed by atoms with E-state index in [0.29, 0.717) is 5.92 Å². The van der Waals surface area contributed by atoms with Crippen LogP contribution in [0.15, 0.2) is 0 Å². The van der Waals surface area contributed by atoms with Crippen molar-refractivity contribution in [2.45, 2.75) is 52.6 Å². The molecule has 0 rings (SSSR count). The van der Waals surface area contributed by atoms with Gasteiger partial charge in [-0.05, 0) is 18.8 Å². The second-order valence-corrected chi connectivity index (χ2v) is 3.61. The Hall–Kier alpha value is 0.0600. The fourth-order valence-electron chi connectivity index (χ4n) is 1.35. The van der Waals surface area contributed by atoms with Crippen LogP contribution in [0.5, 0.6) is 0 Å². The van der Waals surface area contributed by atoms with Crippen molar-refractivity contribution in [1.82, 2.24) is 0 Å². The van der Waals surface area contributed by atoms with Crippen molar-refractivity contribution in [1.29, 1.82) is 0 Å². The zero-order valence-electron chi connectivity index (χ0n) is 8.25. The van der Waals surface area contributed by atoms with Gasteiger partial charge in [-0.15, -0.1) is 0 Å². The van der Waals surface area contributed by atoms with E-state index in [2.05, 4.69) is 20.8 Å². The Morgan fingerprint density at radius 2 is 2.08 bits per heavy atom. The molecule has 0 radical (unpaired) electrons. The molecular weight excluding hydrogens is 171 g/mol. The second-order valence-electron chi connectivity index (χ2n) is 3.25. The fraction of sp³-hybridized carbons (Fsp3) is 1.00. The van der Waals surface area contributed by atoms with E-state index in [4.69, 9.17) is 4.52 Å². The molecule has 0 saturated carbocycles. The monoisotopic (exact) mass is 190 g/mol. The summed E-state index contributed by atoms with van der Waals surface area (Å²) in [6.07, 6.45) is 4.73. The highest BCUT2D eigenvalue weighted by Gasteiger charge is 2.15. The third-order valence-electron chi connectivity index (χ3n) is 2.23. The van der Waals surface area contributed by atoms with Gasteiger partial charge in [0.1, 0.15) is 0 Å². The summed E-state index contributed by atoms with van der Waals surface area (Å²) in [6, 6.07) is 0. The lowest BCUT2D eigenvalue weighted by Gasteiger charge is -2.18. The third-order valence-corrected chi connectivity index (χ3v) is 2.59. The summed E-state index contributed by atoms with van der Waals surface area (Å²) in [5.74, 6) is 0.524. The smallest absolute Gasteiger partial charge is 0.291 e. The normalized spacial score (nSPS) is 16.2. The van der Waals surface area contributed by atoms with Crippen LogP contribution in [0.4, 0.5) is 0 Å². The molecule has 3 heteroatoms. The maximum Gasteiger partial charge on any atom is 0.327 e. The molecule has 0 bridgehead atoms. The molecule has 2 unspecified atom stereocenters. The van der Waals surface area contributed by atoms with Gasteiger partial charge >= 0.3 is 8.69 Å². The predicted octanol–water partition coefficient (Wildman–Crippen LogP) is 3.81. The van der Waals surface area contributed by atoms with Gasteiger partial charge in [-0.2, -0.15) is 0 Å². The van der Waals surface area contributed by atoms with Crippen LogP contribution < -0.4 is 0 Å². The van der Waals surface area contributed by atoms with Gasteiger partial charge in [0.05, 0.1) is 6.10 Å². The number of hydrogen-bond donors (Lipinski definition) is 0. The summed E-state index contributed by atoms with van der Waals surface area (Å²) < 4.78 is 15.3. The average molecular weight is 190 g/mol. The van der Waals surface area contributed by atoms with Crippen LogP contribution in [0.1, 0.15) is 46.5 Å². The molecular formula is C9H19O2P. The Labute approximate surface area is 77.0 Å². The van der Waals surface area contributed by atoms with Crippen molar-refractivity contribution in [3.05, 3.63) is 0 Å². The van der Waals surface area contributed by atoms with E-state index >= 15 is 0 Å². The van der Waals surface area contributed by atoms with Crippen LogP contribution in [-0.4, -0.2) is 6.10 Å². The first-order chi connectivity index (χ1) is 5.76. The maximum atomic E-state index is 10.2. The lowest BCUT2D eigenvalue weighted by Crippen LogP contribution is -2.17. The van der Waals surface area contributed by atoms with E-state index in [9.17, 15) is 4.57 Å². The minimum absolute atomic E-state index is 0.163. The molecule has 0 heterocycles. The van der Waals surface area contributed by atoms with E-state index in [1.807, 2.05) is 0 Å². The molecule has 2 nitrogen and oxygen atoms in total. The van der Waals surface area contributed by atoms with Gasteiger partial charge in [-0.25, -0.2) is 4.57 Å². The van der Waals surface area contributed by atoms with Crippen molar-refractivity contribution < 1.29 is 9.09 Å². The van der Waals surface area contributed by atoms with Crippen molar-refractivity contribution in [2.75, 3.05) is 0 Å². The van der Waals surface area contributed by atoms with Crippen LogP contribution in [0, 0.1) is 5.92 Å². The quantitative estimate of drug-likeness (QED) is 0.570. The Balaban J connectivity index is 3.67. The fourth-order valence-corrected chi connectivity index (χ4v) is 1.82. The van der Waals surface area contributed by atoms with Gasteiger partial charge in [-0.1, -0.05) is 33.6 Å². The van der Waals surface area contributed by atoms with Gasteiger partial charge in [-0.3, -0.25) is 4.52 Å². The summed E-state index contributed by atoms with van der Waals surface area (Å²) in [7, 11) is -0.181. The van der Waals surface area contributed by atoms with Crippen LogP contribution in [0.3, 0.4) is 0 Å². The predicted molar refractivity (Wildman–Crippen MR) is 51.5 cm³/mol. The SMILES string of the molecule is CCCCC(C)C(CC)OP=O. The zero-order valence-corrected chi connectivity index (χ0v) is 9.14. The average Bonchev–Trinajstić information content (AvgIpc) is 2.10. The summed E-state index contributed by atoms with van der Waals surface area (Å²) in [5.41, 5.74) is 0. The van der Waals surface area contributed by atoms with Crippen molar-refractivity contribution in [3.63, 3.8) is 0 Å². The third kappa shape index (κ3) is 4.84. The molecule has 0 fully saturated rings. The molecule has 0 spiro atoms. The van der Waals surface area contributed by atoms with E-state index in [-0.39, 0.29) is 14.8 Å². The molecule has 2 atom stereocenters. The second kappa shape index (κ2) is 7.70. The maximum absolute atomic E-state index is 10.2. The lowest BCUT2D eigenvalue weighted by molar-refractivity contribution is 0.148. The summed E-state index contributed by atoms with van der Waals surface area (Å²) in [6.45, 7) is 6.41. The van der Waals surface area contributed by atoms with E-state index in [0.717, 1.165) is 6.42 Å². The Bertz CT molecular complexity index is 117. The van der Waals surface area contributed by atoms with Gasteiger partial charge < -0.3 is 0 Å². The van der Waals surface area contributed by atoms with Crippen molar-refractivity contribution in [3.8, 4) is 0 Å².